The first kappa shape index (κ1) is 17.5. The van der Waals surface area contributed by atoms with Crippen LogP contribution >= 0.6 is 0 Å². The Morgan fingerprint density at radius 1 is 1.12 bits per heavy atom. The highest BCUT2D eigenvalue weighted by Crippen LogP contribution is 2.11. The Kier molecular flexibility index (Phi) is 5.17. The number of hydrogen-bond acceptors (Lipinski definition) is 5. The van der Waals surface area contributed by atoms with Crippen LogP contribution in [0.5, 0.6) is 0 Å². The second kappa shape index (κ2) is 7.69. The molecule has 2 N–H and O–H groups in total. The van der Waals surface area contributed by atoms with E-state index in [1.54, 1.807) is 25.3 Å². The molecular formula is C19H19N5O2. The van der Waals surface area contributed by atoms with E-state index >= 15 is 0 Å². The first-order valence-electron chi connectivity index (χ1n) is 8.23. The van der Waals surface area contributed by atoms with Gasteiger partial charge >= 0.3 is 0 Å². The first-order valence-corrected chi connectivity index (χ1v) is 8.23. The summed E-state index contributed by atoms with van der Waals surface area (Å²) in [7, 11) is 0. The van der Waals surface area contributed by atoms with Gasteiger partial charge in [0.1, 0.15) is 5.69 Å². The summed E-state index contributed by atoms with van der Waals surface area (Å²) >= 11 is 0. The maximum atomic E-state index is 12.4. The average Bonchev–Trinajstić information content (AvgIpc) is 2.63. The van der Waals surface area contributed by atoms with Crippen molar-refractivity contribution in [1.29, 1.82) is 0 Å². The van der Waals surface area contributed by atoms with Crippen molar-refractivity contribution < 1.29 is 4.79 Å². The summed E-state index contributed by atoms with van der Waals surface area (Å²) in [6.07, 6.45) is 1.59. The zero-order valence-corrected chi connectivity index (χ0v) is 14.6. The Bertz CT molecular complexity index is 983. The molecule has 7 heteroatoms. The van der Waals surface area contributed by atoms with E-state index in [1.165, 1.54) is 0 Å². The lowest BCUT2D eigenvalue weighted by atomic mass is 10.1. The highest BCUT2D eigenvalue weighted by Gasteiger charge is 2.14. The Hall–Kier alpha value is -3.35. The molecule has 3 aromatic heterocycles. The third-order valence-electron chi connectivity index (χ3n) is 3.88. The fourth-order valence-electron chi connectivity index (χ4n) is 2.55. The molecule has 1 amide bonds. The van der Waals surface area contributed by atoms with Gasteiger partial charge in [-0.15, -0.1) is 0 Å². The van der Waals surface area contributed by atoms with Crippen LogP contribution in [0.4, 0.5) is 0 Å². The highest BCUT2D eigenvalue weighted by molar-refractivity contribution is 5.78. The van der Waals surface area contributed by atoms with Gasteiger partial charge < -0.3 is 10.3 Å². The molecule has 0 bridgehead atoms. The van der Waals surface area contributed by atoms with Crippen LogP contribution in [0, 0.1) is 13.8 Å². The normalized spacial score (nSPS) is 10.5. The SMILES string of the molecule is Cc1cccc(CNC(=O)Cc2c(C)nc(-c3ccccn3)[nH]c2=O)n1. The van der Waals surface area contributed by atoms with Gasteiger partial charge in [-0.05, 0) is 38.1 Å². The zero-order valence-electron chi connectivity index (χ0n) is 14.6. The molecule has 7 nitrogen and oxygen atoms in total. The third kappa shape index (κ3) is 4.18. The predicted molar refractivity (Wildman–Crippen MR) is 97.4 cm³/mol. The summed E-state index contributed by atoms with van der Waals surface area (Å²) in [5.74, 6) is 0.135. The monoisotopic (exact) mass is 349 g/mol. The minimum absolute atomic E-state index is 0.0392. The van der Waals surface area contributed by atoms with E-state index in [-0.39, 0.29) is 17.9 Å². The third-order valence-corrected chi connectivity index (χ3v) is 3.88. The van der Waals surface area contributed by atoms with Crippen LogP contribution in [0.1, 0.15) is 22.6 Å². The molecule has 26 heavy (non-hydrogen) atoms. The van der Waals surface area contributed by atoms with E-state index < -0.39 is 0 Å². The molecule has 0 aliphatic carbocycles. The number of H-pyrrole nitrogens is 1. The lowest BCUT2D eigenvalue weighted by Crippen LogP contribution is -2.29. The molecule has 0 aromatic carbocycles. The van der Waals surface area contributed by atoms with Crippen molar-refractivity contribution in [2.75, 3.05) is 0 Å². The highest BCUT2D eigenvalue weighted by atomic mass is 16.2. The number of nitrogens with zero attached hydrogens (tertiary/aromatic N) is 3. The van der Waals surface area contributed by atoms with E-state index in [4.69, 9.17) is 0 Å². The molecule has 0 aliphatic heterocycles. The van der Waals surface area contributed by atoms with Crippen molar-refractivity contribution in [2.24, 2.45) is 0 Å². The second-order valence-corrected chi connectivity index (χ2v) is 5.92. The van der Waals surface area contributed by atoms with Crippen molar-refractivity contribution >= 4 is 5.91 Å². The van der Waals surface area contributed by atoms with Crippen molar-refractivity contribution in [2.45, 2.75) is 26.8 Å². The second-order valence-electron chi connectivity index (χ2n) is 5.92. The summed E-state index contributed by atoms with van der Waals surface area (Å²) in [4.78, 5) is 40.1. The van der Waals surface area contributed by atoms with Gasteiger partial charge in [0.25, 0.3) is 5.56 Å². The molecule has 0 saturated heterocycles. The minimum Gasteiger partial charge on any atom is -0.350 e. The molecule has 0 saturated carbocycles. The Morgan fingerprint density at radius 2 is 1.96 bits per heavy atom. The van der Waals surface area contributed by atoms with Gasteiger partial charge in [0, 0.05) is 23.1 Å². The van der Waals surface area contributed by atoms with Crippen LogP contribution in [0.15, 0.2) is 47.4 Å². The van der Waals surface area contributed by atoms with Gasteiger partial charge in [0.05, 0.1) is 18.7 Å². The fraction of sp³-hybridized carbons (Fsp3) is 0.211. The van der Waals surface area contributed by atoms with Crippen LogP contribution in [-0.2, 0) is 17.8 Å². The van der Waals surface area contributed by atoms with Gasteiger partial charge in [-0.1, -0.05) is 12.1 Å². The number of carbonyl (C=O) groups is 1. The van der Waals surface area contributed by atoms with Crippen LogP contribution in [0.2, 0.25) is 0 Å². The number of amides is 1. The van der Waals surface area contributed by atoms with E-state index in [0.29, 0.717) is 29.3 Å². The Balaban J connectivity index is 1.71. The predicted octanol–water partition coefficient (Wildman–Crippen LogP) is 1.70. The van der Waals surface area contributed by atoms with Crippen molar-refractivity contribution in [3.8, 4) is 11.5 Å². The van der Waals surface area contributed by atoms with Gasteiger partial charge in [-0.3, -0.25) is 19.6 Å². The molecule has 3 aromatic rings. The first-order chi connectivity index (χ1) is 12.5. The number of aryl methyl sites for hydroxylation is 2. The molecule has 3 heterocycles. The lowest BCUT2D eigenvalue weighted by molar-refractivity contribution is -0.120. The molecule has 0 radical (unpaired) electrons. The molecule has 0 unspecified atom stereocenters. The molecule has 0 fully saturated rings. The topological polar surface area (TPSA) is 101 Å². The van der Waals surface area contributed by atoms with E-state index in [1.807, 2.05) is 31.2 Å². The van der Waals surface area contributed by atoms with Crippen LogP contribution in [-0.4, -0.2) is 25.8 Å². The van der Waals surface area contributed by atoms with Crippen molar-refractivity contribution in [1.82, 2.24) is 25.3 Å². The molecule has 3 rings (SSSR count). The number of nitrogens with one attached hydrogen (secondary N) is 2. The number of aromatic amines is 1. The van der Waals surface area contributed by atoms with Gasteiger partial charge in [-0.25, -0.2) is 4.98 Å². The minimum atomic E-state index is -0.331. The zero-order chi connectivity index (χ0) is 18.5. The Labute approximate surface area is 150 Å². The maximum Gasteiger partial charge on any atom is 0.255 e. The molecular weight excluding hydrogens is 330 g/mol. The summed E-state index contributed by atoms with van der Waals surface area (Å²) in [5.41, 5.74) is 2.76. The molecule has 0 aliphatic rings. The number of aromatic nitrogens is 4. The summed E-state index contributed by atoms with van der Waals surface area (Å²) in [5, 5.41) is 2.78. The number of hydrogen-bond donors (Lipinski definition) is 2. The average molecular weight is 349 g/mol. The Morgan fingerprint density at radius 3 is 2.65 bits per heavy atom. The lowest BCUT2D eigenvalue weighted by Gasteiger charge is -2.08. The van der Waals surface area contributed by atoms with E-state index in [9.17, 15) is 9.59 Å². The van der Waals surface area contributed by atoms with Crippen LogP contribution in [0.3, 0.4) is 0 Å². The van der Waals surface area contributed by atoms with E-state index in [0.717, 1.165) is 11.4 Å². The smallest absolute Gasteiger partial charge is 0.255 e. The maximum absolute atomic E-state index is 12.4. The quantitative estimate of drug-likeness (QED) is 0.730. The van der Waals surface area contributed by atoms with Gasteiger partial charge in [0.2, 0.25) is 5.91 Å². The molecule has 0 atom stereocenters. The molecule has 132 valence electrons. The van der Waals surface area contributed by atoms with Gasteiger partial charge in [0.15, 0.2) is 5.82 Å². The molecule has 0 spiro atoms. The summed E-state index contributed by atoms with van der Waals surface area (Å²) in [6, 6.07) is 11.0. The largest absolute Gasteiger partial charge is 0.350 e. The number of pyridine rings is 2. The summed E-state index contributed by atoms with van der Waals surface area (Å²) < 4.78 is 0. The van der Waals surface area contributed by atoms with Crippen molar-refractivity contribution in [3.63, 3.8) is 0 Å². The van der Waals surface area contributed by atoms with E-state index in [2.05, 4.69) is 25.3 Å². The van der Waals surface area contributed by atoms with Crippen molar-refractivity contribution in [3.05, 3.63) is 75.6 Å². The number of carbonyl (C=O) groups excluding carboxylic acids is 1. The number of rotatable bonds is 5. The van der Waals surface area contributed by atoms with Crippen LogP contribution < -0.4 is 10.9 Å². The summed E-state index contributed by atoms with van der Waals surface area (Å²) in [6.45, 7) is 3.92. The van der Waals surface area contributed by atoms with Crippen LogP contribution in [0.25, 0.3) is 11.5 Å². The fourth-order valence-corrected chi connectivity index (χ4v) is 2.55. The standard InChI is InChI=1S/C19H19N5O2/c1-12-6-5-7-14(22-12)11-21-17(25)10-15-13(2)23-18(24-19(15)26)16-8-3-4-9-20-16/h3-9H,10-11H2,1-2H3,(H,21,25)(H,23,24,26). The van der Waals surface area contributed by atoms with Gasteiger partial charge in [-0.2, -0.15) is 0 Å².